The lowest BCUT2D eigenvalue weighted by atomic mass is 10.2. The van der Waals surface area contributed by atoms with Crippen molar-refractivity contribution in [1.29, 1.82) is 0 Å². The first-order valence-electron chi connectivity index (χ1n) is 8.84. The van der Waals surface area contributed by atoms with Crippen molar-refractivity contribution in [3.05, 3.63) is 70.6 Å². The Labute approximate surface area is 177 Å². The van der Waals surface area contributed by atoms with Crippen LogP contribution >= 0.6 is 11.8 Å². The molecule has 0 saturated carbocycles. The monoisotopic (exact) mass is 425 g/mol. The fourth-order valence-electron chi connectivity index (χ4n) is 2.46. The van der Waals surface area contributed by atoms with E-state index in [0.717, 1.165) is 23.4 Å². The van der Waals surface area contributed by atoms with Crippen molar-refractivity contribution < 1.29 is 23.8 Å². The van der Waals surface area contributed by atoms with Crippen molar-refractivity contribution in [2.45, 2.75) is 6.61 Å². The van der Waals surface area contributed by atoms with Gasteiger partial charge >= 0.3 is 5.97 Å². The lowest BCUT2D eigenvalue weighted by Crippen LogP contribution is -2.19. The molecule has 2 aromatic carbocycles. The Morgan fingerprint density at radius 2 is 1.93 bits per heavy atom. The highest BCUT2D eigenvalue weighted by Crippen LogP contribution is 2.31. The predicted molar refractivity (Wildman–Crippen MR) is 115 cm³/mol. The van der Waals surface area contributed by atoms with Gasteiger partial charge in [0.25, 0.3) is 5.91 Å². The maximum Gasteiger partial charge on any atom is 0.331 e. The van der Waals surface area contributed by atoms with Gasteiger partial charge < -0.3 is 14.2 Å². The number of nitrogens with zero attached hydrogens (tertiary/aromatic N) is 2. The molecule has 0 spiro atoms. The molecule has 0 aromatic heterocycles. The Kier molecular flexibility index (Phi) is 7.23. The number of amides is 1. The zero-order valence-electron chi connectivity index (χ0n) is 16.3. The van der Waals surface area contributed by atoms with E-state index in [1.165, 1.54) is 13.3 Å². The standard InChI is InChI=1S/C21H19N3O5S/c1-27-16-10-6-9-15(19(16)29-13-14-7-4-3-5-8-14)12-22-24-21-23-20(26)17(30-21)11-18(25)28-2/h3-12H,13H2,1-2H3,(H,23,24,26)/b17-11+,22-12?. The van der Waals surface area contributed by atoms with Gasteiger partial charge in [-0.25, -0.2) is 4.79 Å². The molecule has 0 radical (unpaired) electrons. The number of thioether (sulfide) groups is 1. The van der Waals surface area contributed by atoms with E-state index in [1.807, 2.05) is 42.5 Å². The van der Waals surface area contributed by atoms with Crippen LogP contribution in [0.15, 0.2) is 69.7 Å². The van der Waals surface area contributed by atoms with Gasteiger partial charge in [-0.15, -0.1) is 5.10 Å². The molecule has 154 valence electrons. The van der Waals surface area contributed by atoms with Crippen LogP contribution in [0.2, 0.25) is 0 Å². The lowest BCUT2D eigenvalue weighted by molar-refractivity contribution is -0.135. The van der Waals surface area contributed by atoms with Crippen LogP contribution in [0, 0.1) is 0 Å². The highest BCUT2D eigenvalue weighted by molar-refractivity contribution is 8.18. The van der Waals surface area contributed by atoms with Crippen LogP contribution in [0.25, 0.3) is 0 Å². The molecule has 0 aliphatic carbocycles. The van der Waals surface area contributed by atoms with Crippen LogP contribution in [0.4, 0.5) is 0 Å². The Balaban J connectivity index is 1.75. The Morgan fingerprint density at radius 3 is 2.67 bits per heavy atom. The minimum Gasteiger partial charge on any atom is -0.493 e. The molecule has 2 aromatic rings. The normalized spacial score (nSPS) is 16.1. The summed E-state index contributed by atoms with van der Waals surface area (Å²) >= 11 is 0.997. The van der Waals surface area contributed by atoms with Crippen LogP contribution in [-0.4, -0.2) is 37.5 Å². The highest BCUT2D eigenvalue weighted by Gasteiger charge is 2.25. The molecule has 0 unspecified atom stereocenters. The Bertz CT molecular complexity index is 1020. The summed E-state index contributed by atoms with van der Waals surface area (Å²) in [6.07, 6.45) is 2.61. The number of hydrogen-bond acceptors (Lipinski definition) is 8. The van der Waals surface area contributed by atoms with E-state index in [0.29, 0.717) is 23.7 Å². The quantitative estimate of drug-likeness (QED) is 0.317. The summed E-state index contributed by atoms with van der Waals surface area (Å²) in [5, 5.41) is 10.8. The zero-order chi connectivity index (χ0) is 21.3. The molecule has 1 N–H and O–H groups in total. The van der Waals surface area contributed by atoms with Crippen molar-refractivity contribution >= 4 is 35.0 Å². The van der Waals surface area contributed by atoms with Crippen LogP contribution in [0.1, 0.15) is 11.1 Å². The van der Waals surface area contributed by atoms with Gasteiger partial charge in [-0.3, -0.25) is 10.1 Å². The van der Waals surface area contributed by atoms with Gasteiger partial charge in [0.1, 0.15) is 6.61 Å². The van der Waals surface area contributed by atoms with Crippen molar-refractivity contribution in [3.63, 3.8) is 0 Å². The van der Waals surface area contributed by atoms with Gasteiger partial charge in [0.05, 0.1) is 25.3 Å². The molecule has 1 saturated heterocycles. The fourth-order valence-corrected chi connectivity index (χ4v) is 3.20. The first kappa shape index (κ1) is 21.1. The maximum atomic E-state index is 11.8. The molecule has 30 heavy (non-hydrogen) atoms. The van der Waals surface area contributed by atoms with E-state index in [4.69, 9.17) is 9.47 Å². The molecule has 1 aliphatic heterocycles. The SMILES string of the molecule is COC(=O)/C=C1/S/C(=N\N=Cc2cccc(OC)c2OCc2ccccc2)NC1=O. The summed E-state index contributed by atoms with van der Waals surface area (Å²) in [5.41, 5.74) is 1.68. The smallest absolute Gasteiger partial charge is 0.331 e. The van der Waals surface area contributed by atoms with E-state index in [1.54, 1.807) is 13.2 Å². The summed E-state index contributed by atoms with van der Waals surface area (Å²) in [4.78, 5) is 23.3. The summed E-state index contributed by atoms with van der Waals surface area (Å²) in [5.74, 6) is 0.0400. The summed E-state index contributed by atoms with van der Waals surface area (Å²) in [7, 11) is 2.80. The second-order valence-corrected chi connectivity index (χ2v) is 6.92. The van der Waals surface area contributed by atoms with Crippen molar-refractivity contribution in [3.8, 4) is 11.5 Å². The number of para-hydroxylation sites is 1. The van der Waals surface area contributed by atoms with Gasteiger partial charge in [-0.1, -0.05) is 36.4 Å². The van der Waals surface area contributed by atoms with Gasteiger partial charge in [0.2, 0.25) is 0 Å². The number of rotatable bonds is 7. The number of hydrogen-bond donors (Lipinski definition) is 1. The molecular formula is C21H19N3O5S. The lowest BCUT2D eigenvalue weighted by Gasteiger charge is -2.13. The molecule has 1 amide bonds. The van der Waals surface area contributed by atoms with Gasteiger partial charge in [-0.2, -0.15) is 5.10 Å². The van der Waals surface area contributed by atoms with Crippen LogP contribution in [0.5, 0.6) is 11.5 Å². The van der Waals surface area contributed by atoms with E-state index >= 15 is 0 Å². The summed E-state index contributed by atoms with van der Waals surface area (Å²) < 4.78 is 15.9. The molecule has 0 bridgehead atoms. The number of amidine groups is 1. The van der Waals surface area contributed by atoms with E-state index < -0.39 is 11.9 Å². The number of methoxy groups -OCH3 is 2. The number of benzene rings is 2. The molecule has 8 nitrogen and oxygen atoms in total. The number of carbonyl (C=O) groups is 2. The summed E-state index contributed by atoms with van der Waals surface area (Å²) in [6.45, 7) is 0.365. The number of carbonyl (C=O) groups excluding carboxylic acids is 2. The number of nitrogens with one attached hydrogen (secondary N) is 1. The van der Waals surface area contributed by atoms with Crippen molar-refractivity contribution in [2.24, 2.45) is 10.2 Å². The molecule has 0 atom stereocenters. The molecule has 1 aliphatic rings. The van der Waals surface area contributed by atoms with E-state index in [-0.39, 0.29) is 10.1 Å². The zero-order valence-corrected chi connectivity index (χ0v) is 17.1. The largest absolute Gasteiger partial charge is 0.493 e. The molecular weight excluding hydrogens is 406 g/mol. The minimum atomic E-state index is -0.617. The Hall–Kier alpha value is -3.59. The maximum absolute atomic E-state index is 11.8. The van der Waals surface area contributed by atoms with Crippen LogP contribution < -0.4 is 14.8 Å². The van der Waals surface area contributed by atoms with E-state index in [2.05, 4.69) is 20.3 Å². The Morgan fingerprint density at radius 1 is 1.13 bits per heavy atom. The van der Waals surface area contributed by atoms with Crippen LogP contribution in [0.3, 0.4) is 0 Å². The third-order valence-corrected chi connectivity index (χ3v) is 4.80. The predicted octanol–water partition coefficient (Wildman–Crippen LogP) is 2.88. The first-order valence-corrected chi connectivity index (χ1v) is 9.66. The molecule has 1 heterocycles. The third kappa shape index (κ3) is 5.48. The van der Waals surface area contributed by atoms with Crippen molar-refractivity contribution in [1.82, 2.24) is 5.32 Å². The molecule has 3 rings (SSSR count). The van der Waals surface area contributed by atoms with Crippen molar-refractivity contribution in [2.75, 3.05) is 14.2 Å². The second-order valence-electron chi connectivity index (χ2n) is 5.89. The third-order valence-electron chi connectivity index (χ3n) is 3.90. The average molecular weight is 425 g/mol. The van der Waals surface area contributed by atoms with Crippen LogP contribution in [-0.2, 0) is 20.9 Å². The molecule has 1 fully saturated rings. The van der Waals surface area contributed by atoms with Gasteiger partial charge in [-0.05, 0) is 29.5 Å². The number of ether oxygens (including phenoxy) is 3. The van der Waals surface area contributed by atoms with Gasteiger partial charge in [0.15, 0.2) is 16.7 Å². The van der Waals surface area contributed by atoms with E-state index in [9.17, 15) is 9.59 Å². The molecule has 9 heteroatoms. The number of esters is 1. The topological polar surface area (TPSA) is 98.6 Å². The fraction of sp³-hybridized carbons (Fsp3) is 0.143. The average Bonchev–Trinajstić information content (AvgIpc) is 3.11. The first-order chi connectivity index (χ1) is 14.6. The van der Waals surface area contributed by atoms with Gasteiger partial charge in [0, 0.05) is 11.6 Å². The minimum absolute atomic E-state index is 0.184. The summed E-state index contributed by atoms with van der Waals surface area (Å²) in [6, 6.07) is 15.2. The second kappa shape index (κ2) is 10.3. The highest BCUT2D eigenvalue weighted by atomic mass is 32.2.